The summed E-state index contributed by atoms with van der Waals surface area (Å²) in [6.07, 6.45) is 57.3. The van der Waals surface area contributed by atoms with Crippen LogP contribution in [0.3, 0.4) is 0 Å². The van der Waals surface area contributed by atoms with Gasteiger partial charge in [0.2, 0.25) is 12.3 Å². The predicted octanol–water partition coefficient (Wildman–Crippen LogP) is 16.6. The molecule has 9 nitrogen and oxygen atoms in total. The molecule has 2 amide bonds. The molecule has 0 saturated heterocycles. The molecule has 73 heavy (non-hydrogen) atoms. The van der Waals surface area contributed by atoms with Crippen molar-refractivity contribution in [1.82, 2.24) is 24.9 Å². The maximum absolute atomic E-state index is 14.3. The standard InChI is InChI=1S/C56H113N5O3.C8H16O/c1-5-9-13-17-21-22-23-24-25-28-31-35-43-58(44-38-33-34-40-53-62)48-41-49-61(50-42-57-55-63)56(64)54-60(47-39-32-27-19-15-11-7-3)52-51-59(45-36-29-20-16-12-8-4)46-37-30-26-18-14-10-6-2;1-3-4-5-6-7-8-9-2/h53,55H,5-52,54H2,1-4H3,(H,57,63);6-7H,3-5,8H2,1-2H3/b;7-6-. The fourth-order valence-electron chi connectivity index (χ4n) is 9.84. The smallest absolute Gasteiger partial charge is 0.236 e. The van der Waals surface area contributed by atoms with Gasteiger partial charge in [-0.25, -0.2) is 0 Å². The van der Waals surface area contributed by atoms with Crippen molar-refractivity contribution in [3.8, 4) is 0 Å². The van der Waals surface area contributed by atoms with Crippen LogP contribution >= 0.6 is 0 Å². The third kappa shape index (κ3) is 57.7. The molecule has 0 bridgehead atoms. The molecule has 0 saturated carbocycles. The van der Waals surface area contributed by atoms with E-state index >= 15 is 0 Å². The van der Waals surface area contributed by atoms with E-state index < -0.39 is 0 Å². The summed E-state index contributed by atoms with van der Waals surface area (Å²) in [6.45, 7) is 22.9. The first kappa shape index (κ1) is 73.3. The monoisotopic (exact) mass is 1030 g/mol. The van der Waals surface area contributed by atoms with Gasteiger partial charge in [-0.05, 0) is 90.6 Å². The van der Waals surface area contributed by atoms with Crippen molar-refractivity contribution in [2.45, 2.75) is 291 Å². The number of hydrogen-bond acceptors (Lipinski definition) is 7. The molecule has 0 spiro atoms. The Morgan fingerprint density at radius 2 is 0.726 bits per heavy atom. The molecule has 0 aromatic heterocycles. The van der Waals surface area contributed by atoms with Gasteiger partial charge >= 0.3 is 0 Å². The van der Waals surface area contributed by atoms with Gasteiger partial charge in [-0.2, -0.15) is 0 Å². The van der Waals surface area contributed by atoms with Gasteiger partial charge in [-0.1, -0.05) is 246 Å². The van der Waals surface area contributed by atoms with E-state index in [0.717, 1.165) is 97.2 Å². The van der Waals surface area contributed by atoms with E-state index in [1.54, 1.807) is 7.11 Å². The molecule has 0 aromatic rings. The second-order valence-corrected chi connectivity index (χ2v) is 21.8. The zero-order chi connectivity index (χ0) is 53.6. The van der Waals surface area contributed by atoms with Gasteiger partial charge in [0.1, 0.15) is 6.29 Å². The Bertz CT molecular complexity index is 1110. The van der Waals surface area contributed by atoms with Gasteiger partial charge in [-0.3, -0.25) is 14.5 Å². The largest absolute Gasteiger partial charge is 0.381 e. The summed E-state index contributed by atoms with van der Waals surface area (Å²) >= 11 is 0. The quantitative estimate of drug-likeness (QED) is 0.0369. The Kier molecular flexibility index (Phi) is 64.7. The van der Waals surface area contributed by atoms with E-state index in [0.29, 0.717) is 26.1 Å². The van der Waals surface area contributed by atoms with Crippen molar-refractivity contribution in [2.24, 2.45) is 0 Å². The van der Waals surface area contributed by atoms with Crippen LogP contribution in [-0.2, 0) is 19.1 Å². The van der Waals surface area contributed by atoms with Crippen molar-refractivity contribution in [2.75, 3.05) is 92.3 Å². The third-order valence-corrected chi connectivity index (χ3v) is 14.7. The zero-order valence-electron chi connectivity index (χ0n) is 50.2. The van der Waals surface area contributed by atoms with Crippen LogP contribution in [0, 0.1) is 0 Å². The van der Waals surface area contributed by atoms with Crippen LogP contribution in [0.5, 0.6) is 0 Å². The van der Waals surface area contributed by atoms with Crippen molar-refractivity contribution in [1.29, 1.82) is 0 Å². The second kappa shape index (κ2) is 64.5. The number of carbonyl (C=O) groups is 3. The van der Waals surface area contributed by atoms with Crippen LogP contribution in [0.25, 0.3) is 0 Å². The van der Waals surface area contributed by atoms with Gasteiger partial charge < -0.3 is 29.5 Å². The van der Waals surface area contributed by atoms with Gasteiger partial charge in [-0.15, -0.1) is 0 Å². The lowest BCUT2D eigenvalue weighted by molar-refractivity contribution is -0.132. The van der Waals surface area contributed by atoms with Crippen molar-refractivity contribution in [3.05, 3.63) is 12.2 Å². The third-order valence-electron chi connectivity index (χ3n) is 14.7. The van der Waals surface area contributed by atoms with Gasteiger partial charge in [0.15, 0.2) is 0 Å². The minimum Gasteiger partial charge on any atom is -0.381 e. The van der Waals surface area contributed by atoms with Crippen LogP contribution in [0.2, 0.25) is 0 Å². The molecule has 0 aliphatic carbocycles. The van der Waals surface area contributed by atoms with E-state index in [1.165, 1.54) is 231 Å². The molecule has 9 heteroatoms. The summed E-state index contributed by atoms with van der Waals surface area (Å²) in [5.41, 5.74) is 0. The number of allylic oxidation sites excluding steroid dienone is 1. The number of unbranched alkanes of at least 4 members (excludes halogenated alkanes) is 33. The highest BCUT2D eigenvalue weighted by Gasteiger charge is 2.19. The molecule has 0 aliphatic rings. The highest BCUT2D eigenvalue weighted by molar-refractivity contribution is 5.78. The number of hydrogen-bond donors (Lipinski definition) is 1. The number of aldehydes is 1. The summed E-state index contributed by atoms with van der Waals surface area (Å²) < 4.78 is 4.84. The van der Waals surface area contributed by atoms with E-state index in [2.05, 4.69) is 66.8 Å². The van der Waals surface area contributed by atoms with E-state index in [9.17, 15) is 14.4 Å². The van der Waals surface area contributed by atoms with Crippen LogP contribution in [0.1, 0.15) is 291 Å². The van der Waals surface area contributed by atoms with Crippen molar-refractivity contribution < 1.29 is 19.1 Å². The van der Waals surface area contributed by atoms with E-state index in [-0.39, 0.29) is 5.91 Å². The van der Waals surface area contributed by atoms with E-state index in [1.807, 2.05) is 4.90 Å². The normalized spacial score (nSPS) is 11.6. The maximum atomic E-state index is 14.3. The van der Waals surface area contributed by atoms with Crippen LogP contribution < -0.4 is 5.32 Å². The fourth-order valence-corrected chi connectivity index (χ4v) is 9.84. The number of ether oxygens (including phenoxy) is 1. The Balaban J connectivity index is 0. The Hall–Kier alpha value is -1.81. The topological polar surface area (TPSA) is 85.4 Å². The number of nitrogens with one attached hydrogen (secondary N) is 1. The maximum Gasteiger partial charge on any atom is 0.236 e. The Morgan fingerprint density at radius 3 is 1.12 bits per heavy atom. The fraction of sp³-hybridized carbons (Fsp3) is 0.922. The van der Waals surface area contributed by atoms with Crippen molar-refractivity contribution in [3.63, 3.8) is 0 Å². The Labute approximate surface area is 456 Å². The molecular weight excluding hydrogens is 903 g/mol. The number of rotatable bonds is 60. The average Bonchev–Trinajstić information content (AvgIpc) is 3.39. The molecule has 0 atom stereocenters. The minimum absolute atomic E-state index is 0.214. The van der Waals surface area contributed by atoms with Crippen LogP contribution in [-0.4, -0.2) is 130 Å². The lowest BCUT2D eigenvalue weighted by atomic mass is 10.1. The van der Waals surface area contributed by atoms with Gasteiger partial charge in [0, 0.05) is 46.3 Å². The Morgan fingerprint density at radius 1 is 0.370 bits per heavy atom. The number of nitrogens with zero attached hydrogens (tertiary/aromatic N) is 4. The number of carbonyl (C=O) groups excluding carboxylic acids is 3. The first-order valence-electron chi connectivity index (χ1n) is 32.2. The molecule has 0 rings (SSSR count). The minimum atomic E-state index is 0.214. The number of amides is 2. The number of methoxy groups -OCH3 is 1. The molecule has 0 aromatic carbocycles. The first-order chi connectivity index (χ1) is 36.0. The zero-order valence-corrected chi connectivity index (χ0v) is 50.2. The summed E-state index contributed by atoms with van der Waals surface area (Å²) in [5.74, 6) is 0.214. The summed E-state index contributed by atoms with van der Waals surface area (Å²) in [6, 6.07) is 0. The van der Waals surface area contributed by atoms with Crippen molar-refractivity contribution >= 4 is 18.6 Å². The molecule has 0 fully saturated rings. The molecule has 434 valence electrons. The molecule has 0 heterocycles. The van der Waals surface area contributed by atoms with Gasteiger partial charge in [0.25, 0.3) is 0 Å². The summed E-state index contributed by atoms with van der Waals surface area (Å²) in [4.78, 5) is 46.4. The van der Waals surface area contributed by atoms with Crippen LogP contribution in [0.4, 0.5) is 0 Å². The van der Waals surface area contributed by atoms with Crippen LogP contribution in [0.15, 0.2) is 12.2 Å². The molecule has 1 N–H and O–H groups in total. The molecule has 0 aliphatic heterocycles. The SMILES string of the molecule is CCCC/C=C\COC.CCCCCCCCCCCCCCN(CCCCCC=O)CCCN(CCNC=O)C(=O)CN(CCCCCCCCC)CCN(CCCCCCCC)CCCCCCCCC. The van der Waals surface area contributed by atoms with E-state index in [4.69, 9.17) is 4.74 Å². The molecule has 0 radical (unpaired) electrons. The predicted molar refractivity (Wildman–Crippen MR) is 320 cm³/mol. The summed E-state index contributed by atoms with van der Waals surface area (Å²) in [5, 5.41) is 2.84. The highest BCUT2D eigenvalue weighted by atomic mass is 16.5. The summed E-state index contributed by atoms with van der Waals surface area (Å²) in [7, 11) is 1.71. The first-order valence-corrected chi connectivity index (χ1v) is 32.2. The lowest BCUT2D eigenvalue weighted by Crippen LogP contribution is -2.46. The lowest BCUT2D eigenvalue weighted by Gasteiger charge is -2.31. The van der Waals surface area contributed by atoms with Gasteiger partial charge in [0.05, 0.1) is 13.2 Å². The molecular formula is C64H129N5O4. The molecule has 0 unspecified atom stereocenters. The highest BCUT2D eigenvalue weighted by Crippen LogP contribution is 2.15. The second-order valence-electron chi connectivity index (χ2n) is 21.8. The average molecular weight is 1030 g/mol.